The zero-order valence-corrected chi connectivity index (χ0v) is 9.93. The van der Waals surface area contributed by atoms with Crippen LogP contribution >= 0.6 is 0 Å². The summed E-state index contributed by atoms with van der Waals surface area (Å²) in [7, 11) is 0. The molecular weight excluding hydrogens is 234 g/mol. The van der Waals surface area contributed by atoms with Crippen molar-refractivity contribution >= 4 is 11.9 Å². The lowest BCUT2D eigenvalue weighted by Crippen LogP contribution is -2.48. The first-order valence-electron chi connectivity index (χ1n) is 5.92. The highest BCUT2D eigenvalue weighted by Crippen LogP contribution is 2.32. The van der Waals surface area contributed by atoms with Gasteiger partial charge in [-0.05, 0) is 12.8 Å². The molecule has 1 fully saturated rings. The van der Waals surface area contributed by atoms with Crippen molar-refractivity contribution in [1.29, 1.82) is 0 Å². The average Bonchev–Trinajstić information content (AvgIpc) is 2.77. The van der Waals surface area contributed by atoms with Crippen LogP contribution in [-0.4, -0.2) is 32.5 Å². The van der Waals surface area contributed by atoms with E-state index in [4.69, 9.17) is 5.11 Å². The molecule has 0 saturated heterocycles. The lowest BCUT2D eigenvalue weighted by molar-refractivity contribution is -0.138. The van der Waals surface area contributed by atoms with Gasteiger partial charge in [0.15, 0.2) is 0 Å². The third-order valence-electron chi connectivity index (χ3n) is 3.22. The molecule has 18 heavy (non-hydrogen) atoms. The van der Waals surface area contributed by atoms with Crippen LogP contribution in [0.25, 0.3) is 0 Å². The summed E-state index contributed by atoms with van der Waals surface area (Å²) in [6, 6.07) is 0. The van der Waals surface area contributed by atoms with Crippen molar-refractivity contribution in [3.8, 4) is 0 Å². The molecule has 6 nitrogen and oxygen atoms in total. The van der Waals surface area contributed by atoms with E-state index in [-0.39, 0.29) is 18.0 Å². The Labute approximate surface area is 104 Å². The first-order valence-corrected chi connectivity index (χ1v) is 5.92. The number of nitrogens with zero attached hydrogens (tertiary/aromatic N) is 2. The monoisotopic (exact) mass is 249 g/mol. The Bertz CT molecular complexity index is 441. The summed E-state index contributed by atoms with van der Waals surface area (Å²) in [6.45, 7) is 0. The van der Waals surface area contributed by atoms with Gasteiger partial charge in [-0.15, -0.1) is 0 Å². The Morgan fingerprint density at radius 1 is 1.33 bits per heavy atom. The van der Waals surface area contributed by atoms with Crippen molar-refractivity contribution in [2.75, 3.05) is 0 Å². The molecule has 1 aliphatic rings. The van der Waals surface area contributed by atoms with Crippen molar-refractivity contribution < 1.29 is 14.7 Å². The van der Waals surface area contributed by atoms with E-state index in [9.17, 15) is 9.59 Å². The summed E-state index contributed by atoms with van der Waals surface area (Å²) in [6.07, 6.45) is 7.53. The molecule has 2 N–H and O–H groups in total. The Balaban J connectivity index is 2.10. The van der Waals surface area contributed by atoms with Crippen molar-refractivity contribution in [2.24, 2.45) is 0 Å². The van der Waals surface area contributed by atoms with Gasteiger partial charge in [0.05, 0.1) is 18.2 Å². The van der Waals surface area contributed by atoms with Crippen LogP contribution in [0.2, 0.25) is 0 Å². The molecule has 0 spiro atoms. The fourth-order valence-corrected chi connectivity index (χ4v) is 2.41. The smallest absolute Gasteiger partial charge is 0.305 e. The lowest BCUT2D eigenvalue weighted by atomic mass is 9.93. The maximum absolute atomic E-state index is 12.0. The Kier molecular flexibility index (Phi) is 3.55. The normalized spacial score (nSPS) is 17.3. The first kappa shape index (κ1) is 12.5. The number of aliphatic carboxylic acids is 1. The van der Waals surface area contributed by atoms with E-state index in [2.05, 4.69) is 15.3 Å². The Morgan fingerprint density at radius 2 is 2.06 bits per heavy atom. The molecule has 0 aliphatic heterocycles. The number of rotatable bonds is 4. The largest absolute Gasteiger partial charge is 0.481 e. The molecule has 0 bridgehead atoms. The van der Waals surface area contributed by atoms with Crippen LogP contribution in [0.1, 0.15) is 42.6 Å². The number of carbonyl (C=O) groups is 2. The van der Waals surface area contributed by atoms with E-state index in [0.717, 1.165) is 12.8 Å². The molecule has 1 heterocycles. The lowest BCUT2D eigenvalue weighted by Gasteiger charge is -2.28. The molecule has 1 aromatic heterocycles. The third-order valence-corrected chi connectivity index (χ3v) is 3.22. The molecule has 2 rings (SSSR count). The van der Waals surface area contributed by atoms with Crippen LogP contribution < -0.4 is 5.32 Å². The second-order valence-corrected chi connectivity index (χ2v) is 4.60. The standard InChI is InChI=1S/C12H15N3O3/c16-10(17)7-12(3-1-2-4-12)15-11(18)9-8-13-5-6-14-9/h5-6,8H,1-4,7H2,(H,15,18)(H,16,17). The van der Waals surface area contributed by atoms with Crippen LogP contribution in [0.5, 0.6) is 0 Å². The molecule has 1 aromatic rings. The molecule has 1 amide bonds. The molecule has 0 unspecified atom stereocenters. The fourth-order valence-electron chi connectivity index (χ4n) is 2.41. The van der Waals surface area contributed by atoms with E-state index >= 15 is 0 Å². The van der Waals surface area contributed by atoms with Gasteiger partial charge in [-0.3, -0.25) is 14.6 Å². The number of aromatic nitrogens is 2. The molecule has 0 radical (unpaired) electrons. The van der Waals surface area contributed by atoms with Gasteiger partial charge in [0.25, 0.3) is 5.91 Å². The van der Waals surface area contributed by atoms with Gasteiger partial charge in [0, 0.05) is 12.4 Å². The van der Waals surface area contributed by atoms with E-state index in [0.29, 0.717) is 12.8 Å². The Morgan fingerprint density at radius 3 is 2.61 bits per heavy atom. The van der Waals surface area contributed by atoms with Gasteiger partial charge in [-0.2, -0.15) is 0 Å². The van der Waals surface area contributed by atoms with Crippen LogP contribution in [0, 0.1) is 0 Å². The number of amides is 1. The summed E-state index contributed by atoms with van der Waals surface area (Å²) in [5.41, 5.74) is -0.408. The summed E-state index contributed by atoms with van der Waals surface area (Å²) in [5, 5.41) is 11.8. The minimum Gasteiger partial charge on any atom is -0.481 e. The van der Waals surface area contributed by atoms with E-state index in [1.54, 1.807) is 0 Å². The maximum Gasteiger partial charge on any atom is 0.305 e. The molecule has 0 aromatic carbocycles. The van der Waals surface area contributed by atoms with Gasteiger partial charge < -0.3 is 10.4 Å². The predicted molar refractivity (Wildman–Crippen MR) is 63.0 cm³/mol. The summed E-state index contributed by atoms with van der Waals surface area (Å²) < 4.78 is 0. The van der Waals surface area contributed by atoms with Gasteiger partial charge >= 0.3 is 5.97 Å². The van der Waals surface area contributed by atoms with Crippen LogP contribution in [0.3, 0.4) is 0 Å². The quantitative estimate of drug-likeness (QED) is 0.830. The SMILES string of the molecule is O=C(O)CC1(NC(=O)c2cnccn2)CCCC1. The van der Waals surface area contributed by atoms with Crippen molar-refractivity contribution in [2.45, 2.75) is 37.6 Å². The number of carboxylic acid groups (broad SMARTS) is 1. The molecule has 1 aliphatic carbocycles. The van der Waals surface area contributed by atoms with Gasteiger partial charge in [-0.1, -0.05) is 12.8 Å². The first-order chi connectivity index (χ1) is 8.61. The maximum atomic E-state index is 12.0. The predicted octanol–water partition coefficient (Wildman–Crippen LogP) is 0.994. The van der Waals surface area contributed by atoms with E-state index < -0.39 is 11.5 Å². The topological polar surface area (TPSA) is 92.2 Å². The van der Waals surface area contributed by atoms with Crippen LogP contribution in [0.4, 0.5) is 0 Å². The number of hydrogen-bond donors (Lipinski definition) is 2. The third kappa shape index (κ3) is 2.82. The Hall–Kier alpha value is -1.98. The molecular formula is C12H15N3O3. The van der Waals surface area contributed by atoms with Crippen molar-refractivity contribution in [3.63, 3.8) is 0 Å². The number of carbonyl (C=O) groups excluding carboxylic acids is 1. The fraction of sp³-hybridized carbons (Fsp3) is 0.500. The van der Waals surface area contributed by atoms with Crippen molar-refractivity contribution in [1.82, 2.24) is 15.3 Å². The van der Waals surface area contributed by atoms with Gasteiger partial charge in [-0.25, -0.2) is 4.98 Å². The number of carboxylic acids is 1. The molecule has 96 valence electrons. The van der Waals surface area contributed by atoms with E-state index in [1.165, 1.54) is 18.6 Å². The van der Waals surface area contributed by atoms with Crippen molar-refractivity contribution in [3.05, 3.63) is 24.3 Å². The van der Waals surface area contributed by atoms with Gasteiger partial charge in [0.1, 0.15) is 5.69 Å². The zero-order valence-electron chi connectivity index (χ0n) is 9.93. The number of nitrogens with one attached hydrogen (secondary N) is 1. The van der Waals surface area contributed by atoms with Crippen LogP contribution in [0.15, 0.2) is 18.6 Å². The summed E-state index contributed by atoms with van der Waals surface area (Å²) in [5.74, 6) is -1.25. The molecule has 6 heteroatoms. The zero-order chi connectivity index (χ0) is 13.0. The highest BCUT2D eigenvalue weighted by Gasteiger charge is 2.37. The summed E-state index contributed by atoms with van der Waals surface area (Å²) in [4.78, 5) is 30.6. The van der Waals surface area contributed by atoms with Crippen LogP contribution in [-0.2, 0) is 4.79 Å². The minimum atomic E-state index is -0.892. The highest BCUT2D eigenvalue weighted by atomic mass is 16.4. The highest BCUT2D eigenvalue weighted by molar-refractivity contribution is 5.92. The second-order valence-electron chi connectivity index (χ2n) is 4.60. The minimum absolute atomic E-state index is 0.0427. The van der Waals surface area contributed by atoms with Gasteiger partial charge in [0.2, 0.25) is 0 Å². The summed E-state index contributed by atoms with van der Waals surface area (Å²) >= 11 is 0. The van der Waals surface area contributed by atoms with E-state index in [1.807, 2.05) is 0 Å². The second kappa shape index (κ2) is 5.12. The molecule has 1 saturated carbocycles. The number of hydrogen-bond acceptors (Lipinski definition) is 4. The molecule has 0 atom stereocenters. The average molecular weight is 249 g/mol.